The molecule has 0 unspecified atom stereocenters. The van der Waals surface area contributed by atoms with E-state index >= 15 is 0 Å². The standard InChI is InChI=1S/C16H14BrNO4/c1-21-14-7-5-13(6-8-14)18-15(19)10-22-16(20)11-3-2-4-12(17)9-11/h2-9H,10H2,1H3,(H,18,19). The van der Waals surface area contributed by atoms with E-state index in [9.17, 15) is 9.59 Å². The molecule has 0 atom stereocenters. The van der Waals surface area contributed by atoms with E-state index in [0.717, 1.165) is 4.47 Å². The molecule has 0 radical (unpaired) electrons. The molecule has 0 saturated carbocycles. The monoisotopic (exact) mass is 363 g/mol. The zero-order valence-corrected chi connectivity index (χ0v) is 13.4. The predicted octanol–water partition coefficient (Wildman–Crippen LogP) is 3.25. The molecule has 2 aromatic carbocycles. The number of rotatable bonds is 5. The van der Waals surface area contributed by atoms with Crippen molar-refractivity contribution in [2.75, 3.05) is 19.0 Å². The Bertz CT molecular complexity index is 670. The van der Waals surface area contributed by atoms with E-state index < -0.39 is 11.9 Å². The van der Waals surface area contributed by atoms with Crippen molar-refractivity contribution in [2.24, 2.45) is 0 Å². The molecular weight excluding hydrogens is 350 g/mol. The summed E-state index contributed by atoms with van der Waals surface area (Å²) in [6.07, 6.45) is 0. The third-order valence-electron chi connectivity index (χ3n) is 2.77. The Morgan fingerprint density at radius 1 is 1.14 bits per heavy atom. The molecular formula is C16H14BrNO4. The average Bonchev–Trinajstić information content (AvgIpc) is 2.53. The zero-order valence-electron chi connectivity index (χ0n) is 11.8. The van der Waals surface area contributed by atoms with E-state index in [1.165, 1.54) is 0 Å². The van der Waals surface area contributed by atoms with Gasteiger partial charge < -0.3 is 14.8 Å². The number of ether oxygens (including phenoxy) is 2. The van der Waals surface area contributed by atoms with Gasteiger partial charge in [0.2, 0.25) is 0 Å². The maximum Gasteiger partial charge on any atom is 0.338 e. The molecule has 5 nitrogen and oxygen atoms in total. The Morgan fingerprint density at radius 3 is 2.50 bits per heavy atom. The van der Waals surface area contributed by atoms with Gasteiger partial charge >= 0.3 is 5.97 Å². The van der Waals surface area contributed by atoms with Crippen LogP contribution in [-0.4, -0.2) is 25.6 Å². The van der Waals surface area contributed by atoms with Crippen LogP contribution in [0.2, 0.25) is 0 Å². The normalized spacial score (nSPS) is 9.91. The van der Waals surface area contributed by atoms with Crippen LogP contribution in [0.5, 0.6) is 5.75 Å². The number of carbonyl (C=O) groups is 2. The van der Waals surface area contributed by atoms with Gasteiger partial charge in [0.05, 0.1) is 12.7 Å². The molecule has 0 saturated heterocycles. The molecule has 2 rings (SSSR count). The molecule has 22 heavy (non-hydrogen) atoms. The van der Waals surface area contributed by atoms with Crippen LogP contribution in [0, 0.1) is 0 Å². The second kappa shape index (κ2) is 7.61. The minimum atomic E-state index is -0.550. The highest BCUT2D eigenvalue weighted by Gasteiger charge is 2.10. The number of benzene rings is 2. The SMILES string of the molecule is COc1ccc(NC(=O)COC(=O)c2cccc(Br)c2)cc1. The lowest BCUT2D eigenvalue weighted by Gasteiger charge is -2.07. The zero-order chi connectivity index (χ0) is 15.9. The van der Waals surface area contributed by atoms with E-state index in [4.69, 9.17) is 9.47 Å². The summed E-state index contributed by atoms with van der Waals surface area (Å²) >= 11 is 3.27. The van der Waals surface area contributed by atoms with Crippen molar-refractivity contribution in [2.45, 2.75) is 0 Å². The lowest BCUT2D eigenvalue weighted by atomic mass is 10.2. The van der Waals surface area contributed by atoms with E-state index in [0.29, 0.717) is 17.0 Å². The van der Waals surface area contributed by atoms with Gasteiger partial charge in [0.1, 0.15) is 5.75 Å². The first-order valence-corrected chi connectivity index (χ1v) is 7.24. The number of esters is 1. The molecule has 2 aromatic rings. The van der Waals surface area contributed by atoms with Gasteiger partial charge in [0.25, 0.3) is 5.91 Å². The molecule has 1 N–H and O–H groups in total. The molecule has 0 bridgehead atoms. The summed E-state index contributed by atoms with van der Waals surface area (Å²) in [5.41, 5.74) is 0.982. The largest absolute Gasteiger partial charge is 0.497 e. The molecule has 6 heteroatoms. The Kier molecular flexibility index (Phi) is 5.55. The highest BCUT2D eigenvalue weighted by molar-refractivity contribution is 9.10. The minimum absolute atomic E-state index is 0.350. The molecule has 0 aliphatic heterocycles. The van der Waals surface area contributed by atoms with Crippen LogP contribution in [0.3, 0.4) is 0 Å². The molecule has 0 aromatic heterocycles. The van der Waals surface area contributed by atoms with Crippen molar-refractivity contribution in [1.82, 2.24) is 0 Å². The number of amides is 1. The van der Waals surface area contributed by atoms with Crippen molar-refractivity contribution >= 4 is 33.5 Å². The van der Waals surface area contributed by atoms with Crippen LogP contribution >= 0.6 is 15.9 Å². The van der Waals surface area contributed by atoms with Crippen LogP contribution in [0.15, 0.2) is 53.0 Å². The van der Waals surface area contributed by atoms with Gasteiger partial charge in [-0.1, -0.05) is 22.0 Å². The Balaban J connectivity index is 1.85. The summed E-state index contributed by atoms with van der Waals surface area (Å²) in [6.45, 7) is -0.350. The van der Waals surface area contributed by atoms with Crippen LogP contribution < -0.4 is 10.1 Å². The Morgan fingerprint density at radius 2 is 1.86 bits per heavy atom. The molecule has 1 amide bonds. The van der Waals surface area contributed by atoms with E-state index in [-0.39, 0.29) is 6.61 Å². The lowest BCUT2D eigenvalue weighted by Crippen LogP contribution is -2.20. The quantitative estimate of drug-likeness (QED) is 0.828. The molecule has 0 heterocycles. The van der Waals surface area contributed by atoms with Gasteiger partial charge in [-0.3, -0.25) is 4.79 Å². The second-order valence-corrected chi connectivity index (χ2v) is 5.28. The van der Waals surface area contributed by atoms with Gasteiger partial charge in [0.15, 0.2) is 6.61 Å². The number of anilines is 1. The first kappa shape index (κ1) is 16.0. The third-order valence-corrected chi connectivity index (χ3v) is 3.26. The molecule has 0 fully saturated rings. The predicted molar refractivity (Wildman–Crippen MR) is 86.0 cm³/mol. The van der Waals surface area contributed by atoms with Crippen molar-refractivity contribution in [3.05, 3.63) is 58.6 Å². The topological polar surface area (TPSA) is 64.6 Å². The summed E-state index contributed by atoms with van der Waals surface area (Å²) in [5, 5.41) is 2.63. The number of hydrogen-bond acceptors (Lipinski definition) is 4. The van der Waals surface area contributed by atoms with E-state index in [2.05, 4.69) is 21.2 Å². The fraction of sp³-hybridized carbons (Fsp3) is 0.125. The third kappa shape index (κ3) is 4.60. The summed E-state index contributed by atoms with van der Waals surface area (Å²) in [7, 11) is 1.56. The van der Waals surface area contributed by atoms with Gasteiger partial charge in [-0.15, -0.1) is 0 Å². The van der Waals surface area contributed by atoms with Crippen LogP contribution in [0.1, 0.15) is 10.4 Å². The first-order valence-electron chi connectivity index (χ1n) is 6.45. The number of nitrogens with one attached hydrogen (secondary N) is 1. The number of halogens is 1. The first-order chi connectivity index (χ1) is 10.6. The van der Waals surface area contributed by atoms with E-state index in [1.807, 2.05) is 0 Å². The molecule has 0 aliphatic carbocycles. The smallest absolute Gasteiger partial charge is 0.338 e. The highest BCUT2D eigenvalue weighted by atomic mass is 79.9. The summed E-state index contributed by atoms with van der Waals surface area (Å²) in [4.78, 5) is 23.5. The van der Waals surface area contributed by atoms with Gasteiger partial charge in [-0.05, 0) is 42.5 Å². The van der Waals surface area contributed by atoms with Gasteiger partial charge in [-0.2, -0.15) is 0 Å². The number of hydrogen-bond donors (Lipinski definition) is 1. The minimum Gasteiger partial charge on any atom is -0.497 e. The summed E-state index contributed by atoms with van der Waals surface area (Å²) < 4.78 is 10.8. The highest BCUT2D eigenvalue weighted by Crippen LogP contribution is 2.15. The van der Waals surface area contributed by atoms with Crippen LogP contribution in [0.25, 0.3) is 0 Å². The van der Waals surface area contributed by atoms with Gasteiger partial charge in [0, 0.05) is 10.2 Å². The summed E-state index contributed by atoms with van der Waals surface area (Å²) in [5.74, 6) is -0.265. The van der Waals surface area contributed by atoms with Crippen LogP contribution in [0.4, 0.5) is 5.69 Å². The Labute approximate surface area is 136 Å². The van der Waals surface area contributed by atoms with Crippen molar-refractivity contribution in [3.8, 4) is 5.75 Å². The molecule has 0 aliphatic rings. The fourth-order valence-corrected chi connectivity index (χ4v) is 2.10. The second-order valence-electron chi connectivity index (χ2n) is 4.36. The van der Waals surface area contributed by atoms with E-state index in [1.54, 1.807) is 55.6 Å². The van der Waals surface area contributed by atoms with Crippen molar-refractivity contribution in [1.29, 1.82) is 0 Å². The number of methoxy groups -OCH3 is 1. The van der Waals surface area contributed by atoms with Crippen LogP contribution in [-0.2, 0) is 9.53 Å². The maximum absolute atomic E-state index is 11.8. The fourth-order valence-electron chi connectivity index (χ4n) is 1.70. The Hall–Kier alpha value is -2.34. The van der Waals surface area contributed by atoms with Crippen molar-refractivity contribution in [3.63, 3.8) is 0 Å². The molecule has 114 valence electrons. The lowest BCUT2D eigenvalue weighted by molar-refractivity contribution is -0.119. The molecule has 0 spiro atoms. The van der Waals surface area contributed by atoms with Gasteiger partial charge in [-0.25, -0.2) is 4.79 Å². The maximum atomic E-state index is 11.8. The van der Waals surface area contributed by atoms with Crippen molar-refractivity contribution < 1.29 is 19.1 Å². The summed E-state index contributed by atoms with van der Waals surface area (Å²) in [6, 6.07) is 13.6. The number of carbonyl (C=O) groups excluding carboxylic acids is 2. The average molecular weight is 364 g/mol.